The first-order valence-electron chi connectivity index (χ1n) is 5.50. The van der Waals surface area contributed by atoms with Crippen molar-refractivity contribution in [3.05, 3.63) is 64.2 Å². The molecule has 5 heteroatoms. The Bertz CT molecular complexity index is 602. The normalized spacial score (nSPS) is 12.3. The van der Waals surface area contributed by atoms with Crippen LogP contribution in [0.25, 0.3) is 0 Å². The number of aliphatic hydroxyl groups is 1. The summed E-state index contributed by atoms with van der Waals surface area (Å²) in [4.78, 5) is 0. The van der Waals surface area contributed by atoms with Crippen LogP contribution in [0.15, 0.2) is 36.4 Å². The highest BCUT2D eigenvalue weighted by molar-refractivity contribution is 6.30. The standard InChI is InChI=1S/C14H11ClF2O2/c1-19-12-4-2-3-10(16)13(12)14(18)9-6-5-8(15)7-11(9)17/h2-7,14,18H,1H3. The van der Waals surface area contributed by atoms with Crippen molar-refractivity contribution in [1.29, 1.82) is 0 Å². The van der Waals surface area contributed by atoms with E-state index in [0.717, 1.165) is 6.07 Å². The Morgan fingerprint density at radius 3 is 2.53 bits per heavy atom. The first kappa shape index (κ1) is 13.8. The fourth-order valence-electron chi connectivity index (χ4n) is 1.84. The van der Waals surface area contributed by atoms with Gasteiger partial charge in [-0.15, -0.1) is 0 Å². The van der Waals surface area contributed by atoms with E-state index < -0.39 is 17.7 Å². The number of ether oxygens (including phenoxy) is 1. The molecule has 19 heavy (non-hydrogen) atoms. The highest BCUT2D eigenvalue weighted by Gasteiger charge is 2.22. The van der Waals surface area contributed by atoms with E-state index in [1.165, 1.54) is 37.4 Å². The second-order valence-corrected chi connectivity index (χ2v) is 4.36. The fraction of sp³-hybridized carbons (Fsp3) is 0.143. The largest absolute Gasteiger partial charge is 0.496 e. The molecule has 2 aromatic rings. The lowest BCUT2D eigenvalue weighted by Crippen LogP contribution is -2.07. The Labute approximate surface area is 114 Å². The van der Waals surface area contributed by atoms with Crippen molar-refractivity contribution in [2.24, 2.45) is 0 Å². The topological polar surface area (TPSA) is 29.5 Å². The van der Waals surface area contributed by atoms with Crippen molar-refractivity contribution in [1.82, 2.24) is 0 Å². The predicted molar refractivity (Wildman–Crippen MR) is 68.4 cm³/mol. The van der Waals surface area contributed by atoms with Gasteiger partial charge < -0.3 is 9.84 Å². The predicted octanol–water partition coefficient (Wildman–Crippen LogP) is 3.71. The number of hydrogen-bond acceptors (Lipinski definition) is 2. The van der Waals surface area contributed by atoms with Crippen LogP contribution in [-0.4, -0.2) is 12.2 Å². The summed E-state index contributed by atoms with van der Waals surface area (Å²) >= 11 is 5.64. The quantitative estimate of drug-likeness (QED) is 0.931. The zero-order valence-corrected chi connectivity index (χ0v) is 10.8. The van der Waals surface area contributed by atoms with Gasteiger partial charge in [-0.1, -0.05) is 23.7 Å². The van der Waals surface area contributed by atoms with E-state index in [1.54, 1.807) is 0 Å². The molecule has 0 heterocycles. The summed E-state index contributed by atoms with van der Waals surface area (Å²) < 4.78 is 32.5. The minimum atomic E-state index is -1.46. The van der Waals surface area contributed by atoms with Gasteiger partial charge in [-0.3, -0.25) is 0 Å². The molecule has 0 bridgehead atoms. The van der Waals surface area contributed by atoms with Gasteiger partial charge in [0.2, 0.25) is 0 Å². The maximum absolute atomic E-state index is 13.8. The van der Waals surface area contributed by atoms with Crippen LogP contribution in [0.1, 0.15) is 17.2 Å². The zero-order valence-electron chi connectivity index (χ0n) is 10.0. The van der Waals surface area contributed by atoms with Crippen LogP contribution < -0.4 is 4.74 Å². The fourth-order valence-corrected chi connectivity index (χ4v) is 2.00. The van der Waals surface area contributed by atoms with Gasteiger partial charge in [-0.05, 0) is 24.3 Å². The van der Waals surface area contributed by atoms with Crippen molar-refractivity contribution in [2.75, 3.05) is 7.11 Å². The lowest BCUT2D eigenvalue weighted by molar-refractivity contribution is 0.204. The molecule has 100 valence electrons. The van der Waals surface area contributed by atoms with Crippen LogP contribution in [0.5, 0.6) is 5.75 Å². The maximum atomic E-state index is 13.8. The summed E-state index contributed by atoms with van der Waals surface area (Å²) in [6.07, 6.45) is -1.46. The van der Waals surface area contributed by atoms with Gasteiger partial charge in [0.1, 0.15) is 23.5 Å². The van der Waals surface area contributed by atoms with Gasteiger partial charge in [0.15, 0.2) is 0 Å². The third-order valence-corrected chi connectivity index (χ3v) is 3.00. The summed E-state index contributed by atoms with van der Waals surface area (Å²) in [5, 5.41) is 10.4. The Morgan fingerprint density at radius 2 is 1.89 bits per heavy atom. The molecule has 2 nitrogen and oxygen atoms in total. The van der Waals surface area contributed by atoms with Crippen LogP contribution in [-0.2, 0) is 0 Å². The molecule has 0 aliphatic heterocycles. The van der Waals surface area contributed by atoms with Gasteiger partial charge >= 0.3 is 0 Å². The van der Waals surface area contributed by atoms with Gasteiger partial charge in [0.25, 0.3) is 0 Å². The molecule has 1 N–H and O–H groups in total. The van der Waals surface area contributed by atoms with E-state index in [2.05, 4.69) is 0 Å². The van der Waals surface area contributed by atoms with E-state index in [4.69, 9.17) is 16.3 Å². The Kier molecular flexibility index (Phi) is 4.02. The van der Waals surface area contributed by atoms with Gasteiger partial charge in [0.05, 0.1) is 12.7 Å². The molecule has 2 rings (SSSR count). The lowest BCUT2D eigenvalue weighted by atomic mass is 9.99. The highest BCUT2D eigenvalue weighted by Crippen LogP contribution is 2.33. The van der Waals surface area contributed by atoms with E-state index in [1.807, 2.05) is 0 Å². The number of rotatable bonds is 3. The van der Waals surface area contributed by atoms with E-state index in [9.17, 15) is 13.9 Å². The average molecular weight is 285 g/mol. The maximum Gasteiger partial charge on any atom is 0.133 e. The van der Waals surface area contributed by atoms with Crippen molar-refractivity contribution in [3.63, 3.8) is 0 Å². The van der Waals surface area contributed by atoms with Crippen molar-refractivity contribution >= 4 is 11.6 Å². The average Bonchev–Trinajstić information content (AvgIpc) is 2.37. The van der Waals surface area contributed by atoms with E-state index in [-0.39, 0.29) is 21.9 Å². The molecular formula is C14H11ClF2O2. The highest BCUT2D eigenvalue weighted by atomic mass is 35.5. The van der Waals surface area contributed by atoms with E-state index in [0.29, 0.717) is 0 Å². The molecule has 1 unspecified atom stereocenters. The van der Waals surface area contributed by atoms with E-state index >= 15 is 0 Å². The number of methoxy groups -OCH3 is 1. The zero-order chi connectivity index (χ0) is 14.0. The van der Waals surface area contributed by atoms with Crippen LogP contribution in [0.4, 0.5) is 8.78 Å². The minimum absolute atomic E-state index is 0.0622. The van der Waals surface area contributed by atoms with Crippen LogP contribution in [0.3, 0.4) is 0 Å². The first-order valence-corrected chi connectivity index (χ1v) is 5.87. The lowest BCUT2D eigenvalue weighted by Gasteiger charge is -2.16. The third-order valence-electron chi connectivity index (χ3n) is 2.76. The number of benzene rings is 2. The molecular weight excluding hydrogens is 274 g/mol. The number of aliphatic hydroxyl groups excluding tert-OH is 1. The minimum Gasteiger partial charge on any atom is -0.496 e. The molecule has 0 aliphatic rings. The van der Waals surface area contributed by atoms with Gasteiger partial charge in [-0.2, -0.15) is 0 Å². The van der Waals surface area contributed by atoms with Gasteiger partial charge in [-0.25, -0.2) is 8.78 Å². The molecule has 1 atom stereocenters. The van der Waals surface area contributed by atoms with Crippen molar-refractivity contribution < 1.29 is 18.6 Å². The second-order valence-electron chi connectivity index (χ2n) is 3.92. The molecule has 0 radical (unpaired) electrons. The monoisotopic (exact) mass is 284 g/mol. The van der Waals surface area contributed by atoms with Gasteiger partial charge in [0, 0.05) is 10.6 Å². The van der Waals surface area contributed by atoms with Crippen LogP contribution in [0.2, 0.25) is 5.02 Å². The second kappa shape index (κ2) is 5.55. The summed E-state index contributed by atoms with van der Waals surface area (Å²) in [7, 11) is 1.35. The molecule has 0 aromatic heterocycles. The molecule has 0 aliphatic carbocycles. The van der Waals surface area contributed by atoms with Crippen molar-refractivity contribution in [3.8, 4) is 5.75 Å². The molecule has 2 aromatic carbocycles. The Balaban J connectivity index is 2.52. The summed E-state index contributed by atoms with van der Waals surface area (Å²) in [5.41, 5.74) is -0.168. The summed E-state index contributed by atoms with van der Waals surface area (Å²) in [6.45, 7) is 0. The Hall–Kier alpha value is -1.65. The molecule has 0 amide bonds. The molecule has 0 fully saturated rings. The first-order chi connectivity index (χ1) is 9.04. The molecule has 0 spiro atoms. The SMILES string of the molecule is COc1cccc(F)c1C(O)c1ccc(Cl)cc1F. The summed E-state index contributed by atoms with van der Waals surface area (Å²) in [5.74, 6) is -1.21. The van der Waals surface area contributed by atoms with Crippen LogP contribution in [0, 0.1) is 11.6 Å². The molecule has 0 saturated heterocycles. The molecule has 0 saturated carbocycles. The Morgan fingerprint density at radius 1 is 1.16 bits per heavy atom. The summed E-state index contributed by atoms with van der Waals surface area (Å²) in [6, 6.07) is 7.92. The van der Waals surface area contributed by atoms with Crippen molar-refractivity contribution in [2.45, 2.75) is 6.10 Å². The third kappa shape index (κ3) is 2.69. The van der Waals surface area contributed by atoms with Crippen LogP contribution >= 0.6 is 11.6 Å². The number of halogens is 3. The number of hydrogen-bond donors (Lipinski definition) is 1. The smallest absolute Gasteiger partial charge is 0.133 e.